The molecule has 0 spiro atoms. The Bertz CT molecular complexity index is 774. The molecule has 0 bridgehead atoms. The number of amides is 2. The van der Waals surface area contributed by atoms with Crippen LogP contribution < -0.4 is 10.6 Å². The molecule has 1 atom stereocenters. The van der Waals surface area contributed by atoms with Gasteiger partial charge in [0.05, 0.1) is 12.5 Å². The minimum atomic E-state index is -0.413. The number of halogens is 1. The van der Waals surface area contributed by atoms with Crippen molar-refractivity contribution >= 4 is 23.4 Å². The van der Waals surface area contributed by atoms with E-state index in [0.29, 0.717) is 11.4 Å². The van der Waals surface area contributed by atoms with Crippen LogP contribution in [-0.2, 0) is 16.0 Å². The molecule has 1 fully saturated rings. The molecular weight excluding hydrogens is 374 g/mol. The molecule has 28 heavy (non-hydrogen) atoms. The molecule has 0 aliphatic heterocycles. The van der Waals surface area contributed by atoms with Gasteiger partial charge >= 0.3 is 0 Å². The van der Waals surface area contributed by atoms with Crippen molar-refractivity contribution in [2.24, 2.45) is 0 Å². The molecule has 1 unspecified atom stereocenters. The maximum atomic E-state index is 12.9. The summed E-state index contributed by atoms with van der Waals surface area (Å²) in [4.78, 5) is 29.2. The van der Waals surface area contributed by atoms with E-state index in [-0.39, 0.29) is 24.4 Å². The number of pyridine rings is 1. The van der Waals surface area contributed by atoms with Gasteiger partial charge in [0.25, 0.3) is 0 Å². The lowest BCUT2D eigenvalue weighted by Gasteiger charge is -2.23. The van der Waals surface area contributed by atoms with Gasteiger partial charge in [0.2, 0.25) is 11.8 Å². The largest absolute Gasteiger partial charge is 0.352 e. The molecule has 6 heteroatoms. The summed E-state index contributed by atoms with van der Waals surface area (Å²) in [6.07, 6.45) is 9.55. The van der Waals surface area contributed by atoms with E-state index in [2.05, 4.69) is 15.6 Å². The summed E-state index contributed by atoms with van der Waals surface area (Å²) in [5, 5.41) is 6.45. The molecule has 148 valence electrons. The number of hydrogen-bond donors (Lipinski definition) is 2. The molecule has 1 aliphatic rings. The van der Waals surface area contributed by atoms with E-state index in [1.807, 2.05) is 24.3 Å². The SMILES string of the molecule is O=C(CNC(=O)C(Cc1cccnc1)c1ccc(Cl)cc1)NC1CCCCC1. The van der Waals surface area contributed by atoms with Gasteiger partial charge in [-0.05, 0) is 48.6 Å². The minimum absolute atomic E-state index is 0.00748. The Morgan fingerprint density at radius 2 is 1.86 bits per heavy atom. The lowest BCUT2D eigenvalue weighted by molar-refractivity contribution is -0.127. The lowest BCUT2D eigenvalue weighted by atomic mass is 9.91. The van der Waals surface area contributed by atoms with Crippen LogP contribution in [0.4, 0.5) is 0 Å². The predicted molar refractivity (Wildman–Crippen MR) is 110 cm³/mol. The maximum absolute atomic E-state index is 12.9. The highest BCUT2D eigenvalue weighted by Crippen LogP contribution is 2.23. The van der Waals surface area contributed by atoms with Crippen molar-refractivity contribution in [1.82, 2.24) is 15.6 Å². The average Bonchev–Trinajstić information content (AvgIpc) is 2.72. The fourth-order valence-corrected chi connectivity index (χ4v) is 3.75. The van der Waals surface area contributed by atoms with Crippen molar-refractivity contribution in [1.29, 1.82) is 0 Å². The van der Waals surface area contributed by atoms with Crippen molar-refractivity contribution in [3.8, 4) is 0 Å². The number of benzene rings is 1. The molecule has 1 heterocycles. The fourth-order valence-electron chi connectivity index (χ4n) is 3.63. The van der Waals surface area contributed by atoms with Crippen LogP contribution in [0.2, 0.25) is 5.02 Å². The van der Waals surface area contributed by atoms with Crippen molar-refractivity contribution in [2.75, 3.05) is 6.54 Å². The number of aromatic nitrogens is 1. The summed E-state index contributed by atoms with van der Waals surface area (Å²) in [6, 6.07) is 11.3. The molecule has 5 nitrogen and oxygen atoms in total. The number of nitrogens with one attached hydrogen (secondary N) is 2. The number of hydrogen-bond acceptors (Lipinski definition) is 3. The molecule has 1 saturated carbocycles. The van der Waals surface area contributed by atoms with Crippen LogP contribution in [0.25, 0.3) is 0 Å². The Morgan fingerprint density at radius 3 is 2.54 bits per heavy atom. The molecule has 2 aromatic rings. The van der Waals surface area contributed by atoms with E-state index in [4.69, 9.17) is 11.6 Å². The molecule has 3 rings (SSSR count). The van der Waals surface area contributed by atoms with E-state index >= 15 is 0 Å². The van der Waals surface area contributed by atoms with E-state index in [1.165, 1.54) is 6.42 Å². The second kappa shape index (κ2) is 10.2. The second-order valence-electron chi connectivity index (χ2n) is 7.29. The van der Waals surface area contributed by atoms with Crippen LogP contribution in [0.15, 0.2) is 48.8 Å². The molecule has 2 amide bonds. The summed E-state index contributed by atoms with van der Waals surface area (Å²) < 4.78 is 0. The third-order valence-corrected chi connectivity index (χ3v) is 5.40. The normalized spacial score (nSPS) is 15.6. The first-order valence-corrected chi connectivity index (χ1v) is 10.2. The molecule has 1 aromatic heterocycles. The van der Waals surface area contributed by atoms with Crippen LogP contribution >= 0.6 is 11.6 Å². The Balaban J connectivity index is 1.62. The Hall–Kier alpha value is -2.40. The second-order valence-corrected chi connectivity index (χ2v) is 7.73. The molecular formula is C22H26ClN3O2. The highest BCUT2D eigenvalue weighted by Gasteiger charge is 2.22. The zero-order valence-corrected chi connectivity index (χ0v) is 16.6. The summed E-state index contributed by atoms with van der Waals surface area (Å²) in [7, 11) is 0. The monoisotopic (exact) mass is 399 g/mol. The van der Waals surface area contributed by atoms with Crippen LogP contribution in [0.3, 0.4) is 0 Å². The first kappa shape index (κ1) is 20.3. The van der Waals surface area contributed by atoms with Crippen molar-refractivity contribution in [2.45, 2.75) is 50.5 Å². The number of carbonyl (C=O) groups excluding carboxylic acids is 2. The van der Waals surface area contributed by atoms with Gasteiger partial charge in [0, 0.05) is 23.5 Å². The van der Waals surface area contributed by atoms with Crippen LogP contribution in [0, 0.1) is 0 Å². The third-order valence-electron chi connectivity index (χ3n) is 5.14. The summed E-state index contributed by atoms with van der Waals surface area (Å²) >= 11 is 5.99. The third kappa shape index (κ3) is 6.06. The maximum Gasteiger partial charge on any atom is 0.239 e. The van der Waals surface area contributed by atoms with E-state index < -0.39 is 5.92 Å². The minimum Gasteiger partial charge on any atom is -0.352 e. The smallest absolute Gasteiger partial charge is 0.239 e. The first-order chi connectivity index (χ1) is 13.6. The molecule has 1 aliphatic carbocycles. The molecule has 2 N–H and O–H groups in total. The summed E-state index contributed by atoms with van der Waals surface area (Å²) in [5.74, 6) is -0.717. The zero-order valence-electron chi connectivity index (χ0n) is 15.9. The zero-order chi connectivity index (χ0) is 19.8. The lowest BCUT2D eigenvalue weighted by Crippen LogP contribution is -2.43. The van der Waals surface area contributed by atoms with Gasteiger partial charge in [-0.2, -0.15) is 0 Å². The van der Waals surface area contributed by atoms with E-state index in [9.17, 15) is 9.59 Å². The first-order valence-electron chi connectivity index (χ1n) is 9.83. The standard InChI is InChI=1S/C22H26ClN3O2/c23-18-10-8-17(9-11-18)20(13-16-5-4-12-24-14-16)22(28)25-15-21(27)26-19-6-2-1-3-7-19/h4-5,8-12,14,19-20H,1-3,6-7,13,15H2,(H,25,28)(H,26,27). The van der Waals surface area contributed by atoms with Gasteiger partial charge in [-0.3, -0.25) is 14.6 Å². The van der Waals surface area contributed by atoms with Crippen LogP contribution in [-0.4, -0.2) is 29.4 Å². The van der Waals surface area contributed by atoms with Gasteiger partial charge in [-0.25, -0.2) is 0 Å². The number of carbonyl (C=O) groups is 2. The molecule has 0 radical (unpaired) electrons. The Labute approximate surface area is 170 Å². The number of nitrogens with zero attached hydrogens (tertiary/aromatic N) is 1. The van der Waals surface area contributed by atoms with E-state index in [0.717, 1.165) is 36.8 Å². The van der Waals surface area contributed by atoms with E-state index in [1.54, 1.807) is 24.5 Å². The van der Waals surface area contributed by atoms with Crippen LogP contribution in [0.1, 0.15) is 49.1 Å². The van der Waals surface area contributed by atoms with Crippen LogP contribution in [0.5, 0.6) is 0 Å². The molecule has 0 saturated heterocycles. The van der Waals surface area contributed by atoms with Crippen molar-refractivity contribution < 1.29 is 9.59 Å². The Morgan fingerprint density at radius 1 is 1.11 bits per heavy atom. The fraction of sp³-hybridized carbons (Fsp3) is 0.409. The van der Waals surface area contributed by atoms with Gasteiger partial charge in [0.15, 0.2) is 0 Å². The highest BCUT2D eigenvalue weighted by atomic mass is 35.5. The summed E-state index contributed by atoms with van der Waals surface area (Å²) in [5.41, 5.74) is 1.82. The number of rotatable bonds is 7. The Kier molecular flexibility index (Phi) is 7.43. The van der Waals surface area contributed by atoms with Gasteiger partial charge < -0.3 is 10.6 Å². The predicted octanol–water partition coefficient (Wildman–Crippen LogP) is 3.63. The topological polar surface area (TPSA) is 71.1 Å². The summed E-state index contributed by atoms with van der Waals surface area (Å²) in [6.45, 7) is -0.00748. The average molecular weight is 400 g/mol. The molecule has 1 aromatic carbocycles. The van der Waals surface area contributed by atoms with Gasteiger partial charge in [-0.1, -0.05) is 49.1 Å². The van der Waals surface area contributed by atoms with Crippen molar-refractivity contribution in [3.05, 3.63) is 64.9 Å². The van der Waals surface area contributed by atoms with Gasteiger partial charge in [0.1, 0.15) is 0 Å². The highest BCUT2D eigenvalue weighted by molar-refractivity contribution is 6.30. The quantitative estimate of drug-likeness (QED) is 0.746. The van der Waals surface area contributed by atoms with Gasteiger partial charge in [-0.15, -0.1) is 0 Å². The van der Waals surface area contributed by atoms with Crippen molar-refractivity contribution in [3.63, 3.8) is 0 Å².